The van der Waals surface area contributed by atoms with Crippen LogP contribution < -0.4 is 0 Å². The van der Waals surface area contributed by atoms with Crippen LogP contribution in [-0.2, 0) is 11.5 Å². The summed E-state index contributed by atoms with van der Waals surface area (Å²) in [6.45, 7) is 0. The molecule has 0 aliphatic carbocycles. The van der Waals surface area contributed by atoms with Gasteiger partial charge in [0.05, 0.1) is 0 Å². The van der Waals surface area contributed by atoms with Gasteiger partial charge in [0.2, 0.25) is 0 Å². The van der Waals surface area contributed by atoms with Crippen molar-refractivity contribution in [1.29, 1.82) is 0 Å². The molecule has 0 saturated carbocycles. The normalized spacial score (nSPS) is 9.91. The van der Waals surface area contributed by atoms with Gasteiger partial charge in [-0.2, -0.15) is 0 Å². The lowest BCUT2D eigenvalue weighted by atomic mass is 10.1. The van der Waals surface area contributed by atoms with Gasteiger partial charge in [-0.1, -0.05) is 18.2 Å². The zero-order valence-corrected chi connectivity index (χ0v) is 6.97. The first-order valence-electron chi connectivity index (χ1n) is 3.65. The van der Waals surface area contributed by atoms with Gasteiger partial charge in [-0.3, -0.25) is 5.11 Å². The molecule has 1 rings (SSSR count). The van der Waals surface area contributed by atoms with E-state index in [1.54, 1.807) is 12.1 Å². The quantitative estimate of drug-likeness (QED) is 0.620. The topological polar surface area (TPSA) is 19.9 Å². The lowest BCUT2D eigenvalue weighted by Crippen LogP contribution is -1.85. The van der Waals surface area contributed by atoms with Crippen molar-refractivity contribution in [2.75, 3.05) is 5.88 Å². The smallest absolute Gasteiger partial charge is 0.181 e. The van der Waals surface area contributed by atoms with Gasteiger partial charge in [-0.05, 0) is 24.5 Å². The lowest BCUT2D eigenvalue weighted by Gasteiger charge is -1.98. The van der Waals surface area contributed by atoms with Crippen molar-refractivity contribution in [3.63, 3.8) is 0 Å². The van der Waals surface area contributed by atoms with Crippen molar-refractivity contribution in [2.24, 2.45) is 0 Å². The maximum absolute atomic E-state index is 11.1. The fraction of sp³-hybridized carbons (Fsp3) is 0.333. The fourth-order valence-electron chi connectivity index (χ4n) is 0.968. The third kappa shape index (κ3) is 2.43. The summed E-state index contributed by atoms with van der Waals surface area (Å²) in [6.07, 6.45) is 1.67. The summed E-state index contributed by atoms with van der Waals surface area (Å²) in [4.78, 5) is 0. The molecule has 1 aromatic rings. The van der Waals surface area contributed by atoms with Crippen molar-refractivity contribution in [2.45, 2.75) is 12.8 Å². The molecule has 0 amide bonds. The molecule has 0 aromatic heterocycles. The van der Waals surface area contributed by atoms with Crippen LogP contribution in [0.1, 0.15) is 12.0 Å². The largest absolute Gasteiger partial charge is 0.290 e. The van der Waals surface area contributed by atoms with Crippen molar-refractivity contribution < 1.29 is 5.11 Å². The van der Waals surface area contributed by atoms with Crippen LogP contribution in [0.25, 0.3) is 0 Å². The maximum atomic E-state index is 11.1. The Morgan fingerprint density at radius 2 is 2.00 bits per heavy atom. The highest BCUT2D eigenvalue weighted by atomic mass is 35.5. The Morgan fingerprint density at radius 3 is 2.64 bits per heavy atom. The minimum absolute atomic E-state index is 0.123. The van der Waals surface area contributed by atoms with Gasteiger partial charge in [0.25, 0.3) is 0 Å². The summed E-state index contributed by atoms with van der Waals surface area (Å²) >= 11 is 5.50. The molecule has 0 fully saturated rings. The molecule has 0 heterocycles. The second kappa shape index (κ2) is 4.24. The molecule has 0 atom stereocenters. The minimum atomic E-state index is 0.123. The molecule has 0 spiro atoms. The average Bonchev–Trinajstić information content (AvgIpc) is 2.03. The van der Waals surface area contributed by atoms with E-state index in [2.05, 4.69) is 0 Å². The maximum Gasteiger partial charge on any atom is 0.181 e. The number of benzene rings is 1. The highest BCUT2D eigenvalue weighted by Gasteiger charge is 1.99. The molecule has 2 heteroatoms. The Labute approximate surface area is 71.6 Å². The highest BCUT2D eigenvalue weighted by molar-refractivity contribution is 6.17. The van der Waals surface area contributed by atoms with E-state index >= 15 is 0 Å². The number of halogens is 1. The standard InChI is InChI=1S/C9H10ClO/c10-7-3-5-8-4-1-2-6-9(8)11/h1-2,4,6H,3,5,7H2. The van der Waals surface area contributed by atoms with Gasteiger partial charge >= 0.3 is 0 Å². The summed E-state index contributed by atoms with van der Waals surface area (Å²) in [5.41, 5.74) is 0.869. The van der Waals surface area contributed by atoms with E-state index in [4.69, 9.17) is 11.6 Å². The molecular formula is C9H10ClO. The average molecular weight is 170 g/mol. The van der Waals surface area contributed by atoms with Crippen molar-refractivity contribution in [3.8, 4) is 5.75 Å². The van der Waals surface area contributed by atoms with Crippen LogP contribution in [0, 0.1) is 0 Å². The Morgan fingerprint density at radius 1 is 1.27 bits per heavy atom. The van der Waals surface area contributed by atoms with Gasteiger partial charge < -0.3 is 0 Å². The Bertz CT molecular complexity index is 223. The summed E-state index contributed by atoms with van der Waals surface area (Å²) in [6, 6.07) is 7.08. The Kier molecular flexibility index (Phi) is 3.24. The van der Waals surface area contributed by atoms with Crippen LogP contribution in [0.4, 0.5) is 0 Å². The van der Waals surface area contributed by atoms with Crippen LogP contribution in [0.3, 0.4) is 0 Å². The predicted octanol–water partition coefficient (Wildman–Crippen LogP) is 3.00. The number of rotatable bonds is 3. The summed E-state index contributed by atoms with van der Waals surface area (Å²) in [5, 5.41) is 11.1. The highest BCUT2D eigenvalue weighted by Crippen LogP contribution is 2.17. The van der Waals surface area contributed by atoms with E-state index in [9.17, 15) is 5.11 Å². The number of alkyl halides is 1. The van der Waals surface area contributed by atoms with Gasteiger partial charge in [-0.25, -0.2) is 0 Å². The van der Waals surface area contributed by atoms with Crippen LogP contribution in [-0.4, -0.2) is 5.88 Å². The Hall–Kier alpha value is -0.690. The van der Waals surface area contributed by atoms with Gasteiger partial charge in [-0.15, -0.1) is 11.6 Å². The minimum Gasteiger partial charge on any atom is -0.290 e. The van der Waals surface area contributed by atoms with E-state index < -0.39 is 0 Å². The van der Waals surface area contributed by atoms with E-state index in [-0.39, 0.29) is 5.75 Å². The predicted molar refractivity (Wildman–Crippen MR) is 45.6 cm³/mol. The fourth-order valence-corrected chi connectivity index (χ4v) is 1.10. The van der Waals surface area contributed by atoms with Crippen molar-refractivity contribution >= 4 is 11.6 Å². The zero-order chi connectivity index (χ0) is 8.10. The first-order chi connectivity index (χ1) is 5.34. The molecule has 11 heavy (non-hydrogen) atoms. The van der Waals surface area contributed by atoms with Crippen LogP contribution in [0.2, 0.25) is 0 Å². The van der Waals surface area contributed by atoms with Gasteiger partial charge in [0.1, 0.15) is 0 Å². The van der Waals surface area contributed by atoms with E-state index in [0.29, 0.717) is 5.88 Å². The molecule has 0 unspecified atom stereocenters. The molecule has 59 valence electrons. The first-order valence-corrected chi connectivity index (χ1v) is 4.19. The lowest BCUT2D eigenvalue weighted by molar-refractivity contribution is 0.350. The first kappa shape index (κ1) is 8.41. The van der Waals surface area contributed by atoms with Crippen LogP contribution in [0.15, 0.2) is 24.3 Å². The number of para-hydroxylation sites is 1. The molecule has 0 aliphatic heterocycles. The zero-order valence-electron chi connectivity index (χ0n) is 6.22. The summed E-state index contributed by atoms with van der Waals surface area (Å²) in [7, 11) is 0. The monoisotopic (exact) mass is 169 g/mol. The third-order valence-corrected chi connectivity index (χ3v) is 1.82. The Balaban J connectivity index is 2.62. The molecule has 1 aromatic carbocycles. The van der Waals surface area contributed by atoms with Crippen molar-refractivity contribution in [3.05, 3.63) is 29.8 Å². The summed E-state index contributed by atoms with van der Waals surface area (Å²) < 4.78 is 0. The van der Waals surface area contributed by atoms with E-state index in [1.165, 1.54) is 0 Å². The molecule has 0 saturated heterocycles. The van der Waals surface area contributed by atoms with E-state index in [0.717, 1.165) is 18.4 Å². The molecule has 0 aliphatic rings. The van der Waals surface area contributed by atoms with Crippen LogP contribution >= 0.6 is 11.6 Å². The van der Waals surface area contributed by atoms with Gasteiger partial charge in [0.15, 0.2) is 5.75 Å². The second-order valence-corrected chi connectivity index (χ2v) is 2.78. The summed E-state index contributed by atoms with van der Waals surface area (Å²) in [5.74, 6) is 0.742. The van der Waals surface area contributed by atoms with Crippen LogP contribution in [0.5, 0.6) is 5.75 Å². The second-order valence-electron chi connectivity index (χ2n) is 2.40. The van der Waals surface area contributed by atoms with Gasteiger partial charge in [0, 0.05) is 5.88 Å². The number of hydrogen-bond acceptors (Lipinski definition) is 0. The molecule has 0 bridgehead atoms. The molecule has 1 radical (unpaired) electrons. The third-order valence-electron chi connectivity index (χ3n) is 1.55. The number of hydrogen-bond donors (Lipinski definition) is 0. The molecule has 1 nitrogen and oxygen atoms in total. The van der Waals surface area contributed by atoms with Crippen molar-refractivity contribution in [1.82, 2.24) is 0 Å². The van der Waals surface area contributed by atoms with E-state index in [1.807, 2.05) is 12.1 Å². The SMILES string of the molecule is [O]c1ccccc1CCCCl. The molecular weight excluding hydrogens is 160 g/mol. The number of aryl methyl sites for hydroxylation is 1. The molecule has 0 N–H and O–H groups in total.